The number of carbonyl (C=O) groups excluding carboxylic acids is 5. The minimum atomic E-state index is -1.36. The highest BCUT2D eigenvalue weighted by molar-refractivity contribution is 8.14. The van der Waals surface area contributed by atoms with Crippen LogP contribution in [-0.2, 0) is 35.1 Å². The van der Waals surface area contributed by atoms with Gasteiger partial charge in [0.15, 0.2) is 6.10 Å². The molecule has 2 rings (SSSR count). The number of carbonyl (C=O) groups is 5. The molecule has 1 saturated carbocycles. The van der Waals surface area contributed by atoms with Crippen molar-refractivity contribution >= 4 is 40.8 Å². The molecule has 0 radical (unpaired) electrons. The minimum absolute atomic E-state index is 0.0806. The largest absolute Gasteiger partial charge is 0.463 e. The molecule has 1 fully saturated rings. The van der Waals surface area contributed by atoms with Crippen molar-refractivity contribution in [2.45, 2.75) is 89.2 Å². The zero-order valence-electron chi connectivity index (χ0n) is 23.7. The maximum atomic E-state index is 13.5. The average Bonchev–Trinajstić information content (AvgIpc) is 3.42. The first kappa shape index (κ1) is 33.8. The molecule has 0 spiro atoms. The van der Waals surface area contributed by atoms with Gasteiger partial charge in [-0.1, -0.05) is 56.7 Å². The van der Waals surface area contributed by atoms with Crippen molar-refractivity contribution in [2.75, 3.05) is 6.61 Å². The van der Waals surface area contributed by atoms with E-state index in [-0.39, 0.29) is 42.3 Å². The molecule has 41 heavy (non-hydrogen) atoms. The Morgan fingerprint density at radius 2 is 1.76 bits per heavy atom. The molecule has 0 aromatic heterocycles. The number of ether oxygens (including phenoxy) is 2. The summed E-state index contributed by atoms with van der Waals surface area (Å²) in [5.74, 6) is -3.54. The SMILES string of the molecule is CCOC(=O)C=CC(CCC(N)=O)NC(=O)C(Cc1ccc(F)cc1)OC(=O)C(NC(=O)SC1CCCC1)C(C)C. The third-order valence-corrected chi connectivity index (χ3v) is 7.57. The summed E-state index contributed by atoms with van der Waals surface area (Å²) in [5, 5.41) is 5.28. The third kappa shape index (κ3) is 12.8. The van der Waals surface area contributed by atoms with Gasteiger partial charge in [-0.3, -0.25) is 14.4 Å². The number of halogens is 1. The summed E-state index contributed by atoms with van der Waals surface area (Å²) in [6.45, 7) is 5.31. The molecule has 1 aromatic carbocycles. The molecule has 3 unspecified atom stereocenters. The van der Waals surface area contributed by atoms with Gasteiger partial charge in [0.1, 0.15) is 11.9 Å². The number of benzene rings is 1. The van der Waals surface area contributed by atoms with E-state index >= 15 is 0 Å². The Hall–Kier alpha value is -3.41. The van der Waals surface area contributed by atoms with Crippen LogP contribution in [0.15, 0.2) is 36.4 Å². The van der Waals surface area contributed by atoms with Gasteiger partial charge in [0, 0.05) is 30.2 Å². The van der Waals surface area contributed by atoms with E-state index in [4.69, 9.17) is 15.2 Å². The van der Waals surface area contributed by atoms with Crippen LogP contribution in [0, 0.1) is 11.7 Å². The molecule has 1 aliphatic carbocycles. The fourth-order valence-corrected chi connectivity index (χ4v) is 5.29. The molecule has 0 bridgehead atoms. The van der Waals surface area contributed by atoms with Gasteiger partial charge in [-0.05, 0) is 49.8 Å². The topological polar surface area (TPSA) is 154 Å². The number of esters is 2. The van der Waals surface area contributed by atoms with Gasteiger partial charge >= 0.3 is 11.9 Å². The predicted octanol–water partition coefficient (Wildman–Crippen LogP) is 3.56. The Balaban J connectivity index is 2.21. The third-order valence-electron chi connectivity index (χ3n) is 6.44. The van der Waals surface area contributed by atoms with Crippen LogP contribution >= 0.6 is 11.8 Å². The zero-order chi connectivity index (χ0) is 30.4. The van der Waals surface area contributed by atoms with Gasteiger partial charge in [0.2, 0.25) is 5.91 Å². The first-order valence-electron chi connectivity index (χ1n) is 13.8. The molecule has 0 heterocycles. The van der Waals surface area contributed by atoms with Crippen molar-refractivity contribution in [1.82, 2.24) is 10.6 Å². The van der Waals surface area contributed by atoms with Gasteiger partial charge in [-0.2, -0.15) is 0 Å². The highest BCUT2D eigenvalue weighted by Gasteiger charge is 2.32. The Bertz CT molecular complexity index is 1070. The van der Waals surface area contributed by atoms with Crippen LogP contribution in [0.1, 0.15) is 64.9 Å². The second-order valence-electron chi connectivity index (χ2n) is 10.2. The van der Waals surface area contributed by atoms with Crippen molar-refractivity contribution in [2.24, 2.45) is 11.7 Å². The fraction of sp³-hybridized carbons (Fsp3) is 0.552. The standard InChI is InChI=1S/C29H40FN3O7S/c1-4-39-25(35)16-14-21(13-15-24(31)34)32-27(36)23(17-19-9-11-20(30)12-10-19)40-28(37)26(18(2)3)33-29(38)41-22-7-5-6-8-22/h9-12,14,16,18,21-23,26H,4-8,13,15,17H2,1-3H3,(H2,31,34)(H,32,36)(H,33,38). The highest BCUT2D eigenvalue weighted by Crippen LogP contribution is 2.30. The minimum Gasteiger partial charge on any atom is -0.463 e. The van der Waals surface area contributed by atoms with Gasteiger partial charge in [-0.25, -0.2) is 14.0 Å². The Morgan fingerprint density at radius 1 is 1.10 bits per heavy atom. The number of rotatable bonds is 15. The highest BCUT2D eigenvalue weighted by atomic mass is 32.2. The number of primary amides is 1. The molecule has 10 nitrogen and oxygen atoms in total. The average molecular weight is 594 g/mol. The molecular formula is C29H40FN3O7S. The van der Waals surface area contributed by atoms with Crippen LogP contribution in [0.4, 0.5) is 9.18 Å². The van der Waals surface area contributed by atoms with Crippen LogP contribution in [0.2, 0.25) is 0 Å². The first-order valence-corrected chi connectivity index (χ1v) is 14.7. The molecule has 1 aliphatic rings. The number of nitrogens with two attached hydrogens (primary N) is 1. The summed E-state index contributed by atoms with van der Waals surface area (Å²) in [6, 6.07) is 3.57. The zero-order valence-corrected chi connectivity index (χ0v) is 24.5. The monoisotopic (exact) mass is 593 g/mol. The van der Waals surface area contributed by atoms with Crippen molar-refractivity contribution in [3.8, 4) is 0 Å². The van der Waals surface area contributed by atoms with E-state index in [0.29, 0.717) is 5.56 Å². The number of hydrogen-bond donors (Lipinski definition) is 3. The normalized spacial score (nSPS) is 15.7. The predicted molar refractivity (Wildman–Crippen MR) is 153 cm³/mol. The van der Waals surface area contributed by atoms with Crippen LogP contribution < -0.4 is 16.4 Å². The number of hydrogen-bond acceptors (Lipinski definition) is 8. The van der Waals surface area contributed by atoms with Crippen molar-refractivity contribution < 1.29 is 37.8 Å². The van der Waals surface area contributed by atoms with Gasteiger partial charge in [-0.15, -0.1) is 0 Å². The number of nitrogens with one attached hydrogen (secondary N) is 2. The molecule has 226 valence electrons. The second kappa shape index (κ2) is 17.4. The Kier molecular flexibility index (Phi) is 14.4. The van der Waals surface area contributed by atoms with Gasteiger partial charge < -0.3 is 25.8 Å². The maximum Gasteiger partial charge on any atom is 0.330 e. The summed E-state index contributed by atoms with van der Waals surface area (Å²) in [5.41, 5.74) is 5.79. The molecule has 3 amide bonds. The van der Waals surface area contributed by atoms with Crippen molar-refractivity contribution in [3.63, 3.8) is 0 Å². The molecule has 0 aliphatic heterocycles. The maximum absolute atomic E-state index is 13.5. The molecule has 12 heteroatoms. The Labute approximate surface area is 244 Å². The summed E-state index contributed by atoms with van der Waals surface area (Å²) >= 11 is 1.17. The lowest BCUT2D eigenvalue weighted by Crippen LogP contribution is -2.49. The van der Waals surface area contributed by atoms with Crippen molar-refractivity contribution in [3.05, 3.63) is 47.8 Å². The molecular weight excluding hydrogens is 553 g/mol. The first-order chi connectivity index (χ1) is 19.5. The van der Waals surface area contributed by atoms with E-state index in [0.717, 1.165) is 31.8 Å². The summed E-state index contributed by atoms with van der Waals surface area (Å²) in [7, 11) is 0. The molecule has 0 saturated heterocycles. The van der Waals surface area contributed by atoms with E-state index in [1.165, 1.54) is 42.1 Å². The van der Waals surface area contributed by atoms with Crippen LogP contribution in [0.5, 0.6) is 0 Å². The second-order valence-corrected chi connectivity index (χ2v) is 11.4. The van der Waals surface area contributed by atoms with Crippen molar-refractivity contribution in [1.29, 1.82) is 0 Å². The van der Waals surface area contributed by atoms with Gasteiger partial charge in [0.25, 0.3) is 11.1 Å². The quantitative estimate of drug-likeness (QED) is 0.206. The molecule has 3 atom stereocenters. The molecule has 4 N–H and O–H groups in total. The summed E-state index contributed by atoms with van der Waals surface area (Å²) in [6.07, 6.45) is 5.06. The number of amides is 3. The Morgan fingerprint density at radius 3 is 2.34 bits per heavy atom. The molecule has 1 aromatic rings. The lowest BCUT2D eigenvalue weighted by Gasteiger charge is -2.26. The summed E-state index contributed by atoms with van der Waals surface area (Å²) < 4.78 is 24.0. The van der Waals surface area contributed by atoms with Crippen LogP contribution in [0.25, 0.3) is 0 Å². The van der Waals surface area contributed by atoms with E-state index < -0.39 is 47.8 Å². The van der Waals surface area contributed by atoms with E-state index in [9.17, 15) is 28.4 Å². The van der Waals surface area contributed by atoms with Crippen LogP contribution in [-0.4, -0.2) is 59.0 Å². The smallest absolute Gasteiger partial charge is 0.330 e. The van der Waals surface area contributed by atoms with Crippen LogP contribution in [0.3, 0.4) is 0 Å². The lowest BCUT2D eigenvalue weighted by molar-refractivity contribution is -0.158. The van der Waals surface area contributed by atoms with E-state index in [1.54, 1.807) is 20.8 Å². The lowest BCUT2D eigenvalue weighted by atomic mass is 10.0. The number of thioether (sulfide) groups is 1. The van der Waals surface area contributed by atoms with Gasteiger partial charge in [0.05, 0.1) is 6.61 Å². The van der Waals surface area contributed by atoms with E-state index in [2.05, 4.69) is 10.6 Å². The fourth-order valence-electron chi connectivity index (χ4n) is 4.23. The summed E-state index contributed by atoms with van der Waals surface area (Å²) in [4.78, 5) is 62.5. The van der Waals surface area contributed by atoms with E-state index in [1.807, 2.05) is 0 Å².